The van der Waals surface area contributed by atoms with Gasteiger partial charge in [-0.15, -0.1) is 0 Å². The Kier molecular flexibility index (Phi) is 5.96. The van der Waals surface area contributed by atoms with Crippen molar-refractivity contribution in [3.05, 3.63) is 53.6 Å². The third kappa shape index (κ3) is 4.63. The Hall–Kier alpha value is -2.76. The van der Waals surface area contributed by atoms with Crippen molar-refractivity contribution in [2.75, 3.05) is 0 Å². The summed E-state index contributed by atoms with van der Waals surface area (Å²) in [5, 5.41) is 12.5. The van der Waals surface area contributed by atoms with E-state index in [1.165, 1.54) is 18.6 Å². The van der Waals surface area contributed by atoms with Crippen molar-refractivity contribution < 1.29 is 14.0 Å². The van der Waals surface area contributed by atoms with Gasteiger partial charge >= 0.3 is 0 Å². The molecule has 2 aromatic rings. The molecule has 3 rings (SSSR count). The number of carbonyl (C=O) groups is 1. The van der Waals surface area contributed by atoms with Crippen LogP contribution in [-0.2, 0) is 4.43 Å². The molecule has 7 nitrogen and oxygen atoms in total. The Morgan fingerprint density at radius 2 is 2.00 bits per heavy atom. The fraction of sp³-hybridized carbons (Fsp3) is 0.478. The summed E-state index contributed by atoms with van der Waals surface area (Å²) >= 11 is 0. The van der Waals surface area contributed by atoms with E-state index < -0.39 is 26.1 Å². The molecule has 2 heterocycles. The van der Waals surface area contributed by atoms with Crippen molar-refractivity contribution in [1.82, 2.24) is 15.3 Å². The van der Waals surface area contributed by atoms with Gasteiger partial charge in [0, 0.05) is 18.0 Å². The molecule has 1 aliphatic rings. The van der Waals surface area contributed by atoms with Crippen LogP contribution in [0.25, 0.3) is 0 Å². The molecule has 0 saturated heterocycles. The second-order valence-corrected chi connectivity index (χ2v) is 14.7. The zero-order chi connectivity index (χ0) is 23.0. The number of nitrogens with one attached hydrogen (secondary N) is 1. The van der Waals surface area contributed by atoms with Crippen LogP contribution in [0, 0.1) is 11.3 Å². The zero-order valence-corrected chi connectivity index (χ0v) is 20.2. The molecular formula is C23H30N4O3Si. The number of aromatic nitrogens is 2. The van der Waals surface area contributed by atoms with E-state index in [2.05, 4.69) is 55.2 Å². The van der Waals surface area contributed by atoms with Gasteiger partial charge in [-0.25, -0.2) is 4.98 Å². The Labute approximate surface area is 185 Å². The van der Waals surface area contributed by atoms with Crippen LogP contribution in [0.3, 0.4) is 0 Å². The van der Waals surface area contributed by atoms with Crippen LogP contribution in [0.1, 0.15) is 62.3 Å². The minimum atomic E-state index is -2.22. The van der Waals surface area contributed by atoms with E-state index in [1.54, 1.807) is 18.2 Å². The maximum atomic E-state index is 13.0. The van der Waals surface area contributed by atoms with Gasteiger partial charge in [0.25, 0.3) is 5.91 Å². The van der Waals surface area contributed by atoms with Gasteiger partial charge in [0.2, 0.25) is 0 Å². The van der Waals surface area contributed by atoms with E-state index >= 15 is 0 Å². The first-order valence-corrected chi connectivity index (χ1v) is 13.2. The molecule has 0 fully saturated rings. The van der Waals surface area contributed by atoms with E-state index in [0.717, 1.165) is 5.56 Å². The van der Waals surface area contributed by atoms with Gasteiger partial charge in [0.15, 0.2) is 8.32 Å². The van der Waals surface area contributed by atoms with Gasteiger partial charge in [-0.3, -0.25) is 9.78 Å². The van der Waals surface area contributed by atoms with Crippen molar-refractivity contribution in [1.29, 1.82) is 5.26 Å². The van der Waals surface area contributed by atoms with Gasteiger partial charge in [0.1, 0.15) is 23.1 Å². The minimum Gasteiger partial charge on any atom is -0.485 e. The number of nitrogens with zero attached hydrogens (tertiary/aromatic N) is 3. The topological polar surface area (TPSA) is 97.1 Å². The standard InChI is InChI=1S/C23H30N4O3Si/c1-22(2,3)31(6,7)30-20-19(27-21(28)17-14-25-10-11-26-17)16-12-15(13-24)8-9-18(16)29-23(20,4)5/h8-12,14,19-20H,1-7H3,(H,27,28)/t19-,20+/m1/s1. The average Bonchev–Trinajstić information content (AvgIpc) is 2.69. The van der Waals surface area contributed by atoms with E-state index in [0.29, 0.717) is 11.3 Å². The van der Waals surface area contributed by atoms with Crippen LogP contribution in [0.5, 0.6) is 5.75 Å². The quantitative estimate of drug-likeness (QED) is 0.712. The third-order valence-electron chi connectivity index (χ3n) is 6.15. The molecule has 1 N–H and O–H groups in total. The maximum absolute atomic E-state index is 13.0. The molecule has 0 aliphatic carbocycles. The van der Waals surface area contributed by atoms with Crippen molar-refractivity contribution >= 4 is 14.2 Å². The lowest BCUT2D eigenvalue weighted by atomic mass is 9.86. The number of rotatable bonds is 4. The largest absolute Gasteiger partial charge is 0.485 e. The number of carbonyl (C=O) groups excluding carboxylic acids is 1. The second-order valence-electron chi connectivity index (χ2n) is 9.91. The summed E-state index contributed by atoms with van der Waals surface area (Å²) in [6, 6.07) is 6.90. The Bertz CT molecular complexity index is 1010. The van der Waals surface area contributed by atoms with Gasteiger partial charge in [0.05, 0.1) is 23.9 Å². The van der Waals surface area contributed by atoms with Crippen molar-refractivity contribution in [3.63, 3.8) is 0 Å². The first-order valence-electron chi connectivity index (χ1n) is 10.3. The summed E-state index contributed by atoms with van der Waals surface area (Å²) in [7, 11) is -2.22. The van der Waals surface area contributed by atoms with Gasteiger partial charge in [-0.2, -0.15) is 5.26 Å². The Morgan fingerprint density at radius 3 is 2.58 bits per heavy atom. The average molecular weight is 439 g/mol. The molecule has 1 aromatic heterocycles. The second kappa shape index (κ2) is 8.06. The van der Waals surface area contributed by atoms with E-state index in [1.807, 2.05) is 13.8 Å². The lowest BCUT2D eigenvalue weighted by molar-refractivity contribution is -0.0550. The van der Waals surface area contributed by atoms with Crippen LogP contribution in [0.4, 0.5) is 0 Å². The number of fused-ring (bicyclic) bond motifs is 1. The predicted octanol–water partition coefficient (Wildman–Crippen LogP) is 4.38. The summed E-state index contributed by atoms with van der Waals surface area (Å²) in [6.07, 6.45) is 3.96. The molecule has 8 heteroatoms. The smallest absolute Gasteiger partial charge is 0.272 e. The monoisotopic (exact) mass is 438 g/mol. The van der Waals surface area contributed by atoms with Gasteiger partial charge < -0.3 is 14.5 Å². The highest BCUT2D eigenvalue weighted by Crippen LogP contribution is 2.46. The van der Waals surface area contributed by atoms with Crippen LogP contribution < -0.4 is 10.1 Å². The summed E-state index contributed by atoms with van der Waals surface area (Å²) in [5.74, 6) is 0.275. The molecule has 2 atom stereocenters. The molecule has 1 aliphatic heterocycles. The first kappa shape index (κ1) is 22.9. The molecule has 0 saturated carbocycles. The molecule has 1 aromatic carbocycles. The highest BCUT2D eigenvalue weighted by molar-refractivity contribution is 6.74. The molecule has 164 valence electrons. The van der Waals surface area contributed by atoms with E-state index in [-0.39, 0.29) is 16.6 Å². The third-order valence-corrected chi connectivity index (χ3v) is 10.6. The first-order chi connectivity index (χ1) is 14.4. The number of hydrogen-bond acceptors (Lipinski definition) is 6. The molecule has 31 heavy (non-hydrogen) atoms. The SMILES string of the molecule is CC1(C)Oc2ccc(C#N)cc2[C@@H](NC(=O)c2cnccn2)[C@@H]1O[Si](C)(C)C(C)(C)C. The van der Waals surface area contributed by atoms with Gasteiger partial charge in [-0.1, -0.05) is 20.8 Å². The van der Waals surface area contributed by atoms with Crippen LogP contribution in [-0.4, -0.2) is 35.9 Å². The highest BCUT2D eigenvalue weighted by Gasteiger charge is 2.50. The predicted molar refractivity (Wildman–Crippen MR) is 120 cm³/mol. The normalized spacial score (nSPS) is 20.2. The summed E-state index contributed by atoms with van der Waals surface area (Å²) in [4.78, 5) is 21.1. The van der Waals surface area contributed by atoms with Crippen LogP contribution in [0.15, 0.2) is 36.8 Å². The highest BCUT2D eigenvalue weighted by atomic mass is 28.4. The van der Waals surface area contributed by atoms with Gasteiger partial charge in [-0.05, 0) is 50.2 Å². The van der Waals surface area contributed by atoms with E-state index in [9.17, 15) is 10.1 Å². The number of benzene rings is 1. The molecule has 0 bridgehead atoms. The minimum absolute atomic E-state index is 0.0304. The van der Waals surface area contributed by atoms with Crippen molar-refractivity contribution in [2.24, 2.45) is 0 Å². The maximum Gasteiger partial charge on any atom is 0.272 e. The number of nitriles is 1. The Balaban J connectivity index is 2.09. The lowest BCUT2D eigenvalue weighted by Crippen LogP contribution is -2.59. The number of ether oxygens (including phenoxy) is 1. The van der Waals surface area contributed by atoms with Crippen LogP contribution in [0.2, 0.25) is 18.1 Å². The molecular weight excluding hydrogens is 408 g/mol. The molecule has 0 radical (unpaired) electrons. The fourth-order valence-electron chi connectivity index (χ4n) is 3.35. The summed E-state index contributed by atoms with van der Waals surface area (Å²) in [5.41, 5.74) is 0.721. The van der Waals surface area contributed by atoms with Crippen molar-refractivity contribution in [2.45, 2.75) is 70.5 Å². The molecule has 0 spiro atoms. The lowest BCUT2D eigenvalue weighted by Gasteiger charge is -2.49. The zero-order valence-electron chi connectivity index (χ0n) is 19.2. The molecule has 1 amide bonds. The van der Waals surface area contributed by atoms with Crippen LogP contribution >= 0.6 is 0 Å². The molecule has 0 unspecified atom stereocenters. The van der Waals surface area contributed by atoms with Crippen molar-refractivity contribution in [3.8, 4) is 11.8 Å². The summed E-state index contributed by atoms with van der Waals surface area (Å²) < 4.78 is 13.1. The summed E-state index contributed by atoms with van der Waals surface area (Å²) in [6.45, 7) is 14.8. The van der Waals surface area contributed by atoms with E-state index in [4.69, 9.17) is 9.16 Å². The number of hydrogen-bond donors (Lipinski definition) is 1. The fourth-order valence-corrected chi connectivity index (χ4v) is 4.76. The Morgan fingerprint density at radius 1 is 1.29 bits per heavy atom. The number of amides is 1.